The number of benzene rings is 1. The van der Waals surface area contributed by atoms with Gasteiger partial charge in [-0.1, -0.05) is 0 Å². The molecule has 2 aromatic rings. The predicted octanol–water partition coefficient (Wildman–Crippen LogP) is 1.49. The molecule has 0 spiro atoms. The van der Waals surface area contributed by atoms with Crippen molar-refractivity contribution >= 4 is 16.7 Å². The first-order valence-corrected chi connectivity index (χ1v) is 5.59. The molecule has 0 radical (unpaired) electrons. The molecule has 1 fully saturated rings. The molecule has 0 atom stereocenters. The number of imidazole rings is 1. The highest BCUT2D eigenvalue weighted by atomic mass is 16.3. The molecule has 1 saturated carbocycles. The van der Waals surface area contributed by atoms with Gasteiger partial charge in [0.05, 0.1) is 29.5 Å². The summed E-state index contributed by atoms with van der Waals surface area (Å²) in [5.41, 5.74) is 8.29. The van der Waals surface area contributed by atoms with Crippen LogP contribution in [0.2, 0.25) is 0 Å². The Balaban J connectivity index is 2.17. The molecule has 3 N–H and O–H groups in total. The first-order chi connectivity index (χ1) is 7.75. The van der Waals surface area contributed by atoms with Gasteiger partial charge in [-0.2, -0.15) is 0 Å². The first kappa shape index (κ1) is 9.66. The van der Waals surface area contributed by atoms with Crippen LogP contribution in [0.5, 0.6) is 0 Å². The van der Waals surface area contributed by atoms with E-state index in [4.69, 9.17) is 5.73 Å². The fourth-order valence-corrected chi connectivity index (χ4v) is 2.47. The lowest BCUT2D eigenvalue weighted by atomic mass is 9.77. The zero-order chi connectivity index (χ0) is 11.2. The first-order valence-electron chi connectivity index (χ1n) is 5.59. The third-order valence-corrected chi connectivity index (χ3v) is 3.66. The summed E-state index contributed by atoms with van der Waals surface area (Å²) in [7, 11) is 0. The summed E-state index contributed by atoms with van der Waals surface area (Å²) in [6.07, 6.45) is 5.05. The third kappa shape index (κ3) is 1.16. The fraction of sp³-hybridized carbons (Fsp3) is 0.417. The number of rotatable bonds is 2. The average molecular weight is 217 g/mol. The second-order valence-corrected chi connectivity index (χ2v) is 4.60. The fourth-order valence-electron chi connectivity index (χ4n) is 2.47. The van der Waals surface area contributed by atoms with Crippen molar-refractivity contribution in [3.63, 3.8) is 0 Å². The summed E-state index contributed by atoms with van der Waals surface area (Å²) < 4.78 is 2.10. The second-order valence-electron chi connectivity index (χ2n) is 4.60. The highest BCUT2D eigenvalue weighted by molar-refractivity contribution is 5.79. The molecule has 1 aromatic heterocycles. The quantitative estimate of drug-likeness (QED) is 0.749. The van der Waals surface area contributed by atoms with E-state index in [9.17, 15) is 5.11 Å². The number of anilines is 1. The highest BCUT2D eigenvalue weighted by Gasteiger charge is 2.38. The normalized spacial score (nSPS) is 18.6. The van der Waals surface area contributed by atoms with Crippen LogP contribution in [0.1, 0.15) is 19.3 Å². The summed E-state index contributed by atoms with van der Waals surface area (Å²) in [4.78, 5) is 4.35. The summed E-state index contributed by atoms with van der Waals surface area (Å²) in [6.45, 7) is 0.183. The van der Waals surface area contributed by atoms with Crippen LogP contribution >= 0.6 is 0 Å². The summed E-state index contributed by atoms with van der Waals surface area (Å²) in [5, 5.41) is 9.55. The smallest absolute Gasteiger partial charge is 0.0964 e. The van der Waals surface area contributed by atoms with Crippen molar-refractivity contribution in [2.45, 2.75) is 24.8 Å². The minimum Gasteiger partial charge on any atom is -0.399 e. The number of aliphatic hydroxyl groups is 1. The molecule has 4 heteroatoms. The van der Waals surface area contributed by atoms with Crippen molar-refractivity contribution in [3.05, 3.63) is 24.5 Å². The molecule has 84 valence electrons. The van der Waals surface area contributed by atoms with E-state index in [0.717, 1.165) is 29.6 Å². The van der Waals surface area contributed by atoms with Crippen LogP contribution in [0, 0.1) is 0 Å². The van der Waals surface area contributed by atoms with Crippen LogP contribution in [0.3, 0.4) is 0 Å². The van der Waals surface area contributed by atoms with Crippen LogP contribution < -0.4 is 5.73 Å². The lowest BCUT2D eigenvalue weighted by molar-refractivity contribution is 0.0589. The van der Waals surface area contributed by atoms with Crippen molar-refractivity contribution in [2.24, 2.45) is 0 Å². The van der Waals surface area contributed by atoms with E-state index in [1.54, 1.807) is 0 Å². The molecule has 1 aliphatic carbocycles. The molecule has 1 aromatic carbocycles. The van der Waals surface area contributed by atoms with Crippen LogP contribution in [0.25, 0.3) is 11.0 Å². The minimum absolute atomic E-state index is 0.120. The van der Waals surface area contributed by atoms with Gasteiger partial charge in [0, 0.05) is 5.69 Å². The molecule has 3 rings (SSSR count). The van der Waals surface area contributed by atoms with Crippen LogP contribution in [-0.2, 0) is 5.54 Å². The predicted molar refractivity (Wildman–Crippen MR) is 63.1 cm³/mol. The van der Waals surface area contributed by atoms with E-state index in [1.165, 1.54) is 6.42 Å². The van der Waals surface area contributed by atoms with E-state index >= 15 is 0 Å². The molecule has 1 aliphatic rings. The van der Waals surface area contributed by atoms with Crippen molar-refractivity contribution < 1.29 is 5.11 Å². The van der Waals surface area contributed by atoms with Gasteiger partial charge in [0.1, 0.15) is 0 Å². The monoisotopic (exact) mass is 217 g/mol. The van der Waals surface area contributed by atoms with Crippen molar-refractivity contribution in [3.8, 4) is 0 Å². The van der Waals surface area contributed by atoms with Gasteiger partial charge >= 0.3 is 0 Å². The maximum Gasteiger partial charge on any atom is 0.0964 e. The highest BCUT2D eigenvalue weighted by Crippen LogP contribution is 2.40. The average Bonchev–Trinajstić information content (AvgIpc) is 2.61. The number of nitrogens with zero attached hydrogens (tertiary/aromatic N) is 2. The van der Waals surface area contributed by atoms with Crippen LogP contribution in [-0.4, -0.2) is 21.3 Å². The molecule has 0 unspecified atom stereocenters. The number of hydrogen-bond acceptors (Lipinski definition) is 3. The number of aliphatic hydroxyl groups excluding tert-OH is 1. The summed E-state index contributed by atoms with van der Waals surface area (Å²) >= 11 is 0. The molecular formula is C12H15N3O. The van der Waals surface area contributed by atoms with E-state index in [2.05, 4.69) is 9.55 Å². The molecule has 4 nitrogen and oxygen atoms in total. The molecule has 0 saturated heterocycles. The van der Waals surface area contributed by atoms with Gasteiger partial charge in [-0.3, -0.25) is 0 Å². The van der Waals surface area contributed by atoms with E-state index in [1.807, 2.05) is 24.5 Å². The number of aromatic nitrogens is 2. The Kier molecular flexibility index (Phi) is 1.94. The van der Waals surface area contributed by atoms with E-state index in [0.29, 0.717) is 0 Å². The zero-order valence-corrected chi connectivity index (χ0v) is 9.06. The van der Waals surface area contributed by atoms with Crippen molar-refractivity contribution in [2.75, 3.05) is 12.3 Å². The Bertz CT molecular complexity index is 523. The Hall–Kier alpha value is -1.55. The Morgan fingerprint density at radius 1 is 1.44 bits per heavy atom. The van der Waals surface area contributed by atoms with Gasteiger partial charge in [0.2, 0.25) is 0 Å². The zero-order valence-electron chi connectivity index (χ0n) is 9.06. The summed E-state index contributed by atoms with van der Waals surface area (Å²) in [5.74, 6) is 0. The van der Waals surface area contributed by atoms with Crippen molar-refractivity contribution in [1.82, 2.24) is 9.55 Å². The lowest BCUT2D eigenvalue weighted by Gasteiger charge is -2.41. The number of nitrogen functional groups attached to an aromatic ring is 1. The standard InChI is InChI=1S/C12H15N3O/c13-9-2-3-11-10(6-9)14-8-15(11)12(7-16)4-1-5-12/h2-3,6,8,16H,1,4-5,7,13H2. The lowest BCUT2D eigenvalue weighted by Crippen LogP contribution is -2.43. The number of nitrogens with two attached hydrogens (primary N) is 1. The van der Waals surface area contributed by atoms with Gasteiger partial charge in [-0.25, -0.2) is 4.98 Å². The van der Waals surface area contributed by atoms with Gasteiger partial charge in [0.15, 0.2) is 0 Å². The van der Waals surface area contributed by atoms with Gasteiger partial charge in [-0.15, -0.1) is 0 Å². The van der Waals surface area contributed by atoms with Crippen LogP contribution in [0.4, 0.5) is 5.69 Å². The van der Waals surface area contributed by atoms with Crippen LogP contribution in [0.15, 0.2) is 24.5 Å². The Morgan fingerprint density at radius 3 is 2.88 bits per heavy atom. The van der Waals surface area contributed by atoms with Gasteiger partial charge in [0.25, 0.3) is 0 Å². The van der Waals surface area contributed by atoms with E-state index < -0.39 is 0 Å². The number of hydrogen-bond donors (Lipinski definition) is 2. The third-order valence-electron chi connectivity index (χ3n) is 3.66. The van der Waals surface area contributed by atoms with E-state index in [-0.39, 0.29) is 12.1 Å². The molecular weight excluding hydrogens is 202 g/mol. The maximum absolute atomic E-state index is 9.55. The van der Waals surface area contributed by atoms with Gasteiger partial charge < -0.3 is 15.4 Å². The largest absolute Gasteiger partial charge is 0.399 e. The minimum atomic E-state index is -0.120. The Labute approximate surface area is 93.7 Å². The van der Waals surface area contributed by atoms with Crippen molar-refractivity contribution in [1.29, 1.82) is 0 Å². The maximum atomic E-state index is 9.55. The second kappa shape index (κ2) is 3.22. The molecule has 16 heavy (non-hydrogen) atoms. The topological polar surface area (TPSA) is 64.1 Å². The number of fused-ring (bicyclic) bond motifs is 1. The Morgan fingerprint density at radius 2 is 2.25 bits per heavy atom. The molecule has 1 heterocycles. The summed E-state index contributed by atoms with van der Waals surface area (Å²) in [6, 6.07) is 5.73. The SMILES string of the molecule is Nc1ccc2c(c1)ncn2C1(CO)CCC1. The molecule has 0 aliphatic heterocycles. The van der Waals surface area contributed by atoms with Gasteiger partial charge in [-0.05, 0) is 37.5 Å². The molecule has 0 amide bonds. The molecule has 0 bridgehead atoms.